The maximum Gasteiger partial charge on any atom is 0.257 e. The standard InChI is InChI=1S/C25H19N5O3S/c1-34-21-12-6-5-10-17(21)24(32)27-22-14-19(20-11-7-13-33-20)29-30(22)25-26-18(15-23(31)28-25)16-8-3-2-4-9-16/h2-15H,1H3,(H,27,32)(H,26,28,31). The highest BCUT2D eigenvalue weighted by Crippen LogP contribution is 2.26. The van der Waals surface area contributed by atoms with Gasteiger partial charge in [0, 0.05) is 22.6 Å². The van der Waals surface area contributed by atoms with Crippen LogP contribution in [0.3, 0.4) is 0 Å². The molecule has 0 atom stereocenters. The van der Waals surface area contributed by atoms with E-state index in [9.17, 15) is 9.59 Å². The Bertz CT molecular complexity index is 1510. The van der Waals surface area contributed by atoms with Crippen molar-refractivity contribution >= 4 is 23.5 Å². The Kier molecular flexibility index (Phi) is 5.84. The van der Waals surface area contributed by atoms with Gasteiger partial charge in [-0.05, 0) is 30.5 Å². The van der Waals surface area contributed by atoms with Crippen LogP contribution in [0.5, 0.6) is 0 Å². The predicted octanol–water partition coefficient (Wildman–Crippen LogP) is 4.86. The minimum atomic E-state index is -0.344. The van der Waals surface area contributed by atoms with E-state index in [1.165, 1.54) is 28.8 Å². The maximum absolute atomic E-state index is 13.1. The van der Waals surface area contributed by atoms with Crippen LogP contribution in [0.4, 0.5) is 5.82 Å². The lowest BCUT2D eigenvalue weighted by Crippen LogP contribution is -2.19. The summed E-state index contributed by atoms with van der Waals surface area (Å²) in [4.78, 5) is 33.8. The summed E-state index contributed by atoms with van der Waals surface area (Å²) in [5, 5.41) is 7.46. The second-order valence-corrected chi connectivity index (χ2v) is 8.13. The number of anilines is 1. The zero-order valence-electron chi connectivity index (χ0n) is 18.1. The lowest BCUT2D eigenvalue weighted by atomic mass is 10.1. The molecule has 168 valence electrons. The molecule has 2 N–H and O–H groups in total. The number of hydrogen-bond donors (Lipinski definition) is 2. The van der Waals surface area contributed by atoms with Gasteiger partial charge in [0.1, 0.15) is 11.5 Å². The topological polar surface area (TPSA) is 106 Å². The van der Waals surface area contributed by atoms with Crippen LogP contribution >= 0.6 is 11.8 Å². The molecule has 9 heteroatoms. The highest BCUT2D eigenvalue weighted by molar-refractivity contribution is 7.98. The number of carbonyl (C=O) groups is 1. The summed E-state index contributed by atoms with van der Waals surface area (Å²) in [6.45, 7) is 0. The third-order valence-corrected chi connectivity index (χ3v) is 5.87. The van der Waals surface area contributed by atoms with Crippen molar-refractivity contribution in [3.63, 3.8) is 0 Å². The minimum absolute atomic E-state index is 0.164. The molecule has 1 amide bonds. The van der Waals surface area contributed by atoms with E-state index in [1.54, 1.807) is 24.3 Å². The molecule has 0 aliphatic rings. The van der Waals surface area contributed by atoms with Gasteiger partial charge in [-0.15, -0.1) is 11.8 Å². The fourth-order valence-electron chi connectivity index (χ4n) is 3.49. The van der Waals surface area contributed by atoms with Crippen molar-refractivity contribution in [2.45, 2.75) is 4.90 Å². The molecule has 0 unspecified atom stereocenters. The van der Waals surface area contributed by atoms with E-state index in [0.717, 1.165) is 10.5 Å². The van der Waals surface area contributed by atoms with E-state index >= 15 is 0 Å². The van der Waals surface area contributed by atoms with Crippen LogP contribution in [0.15, 0.2) is 99.2 Å². The van der Waals surface area contributed by atoms with E-state index in [1.807, 2.05) is 54.8 Å². The second kappa shape index (κ2) is 9.24. The first-order valence-corrected chi connectivity index (χ1v) is 11.6. The summed E-state index contributed by atoms with van der Waals surface area (Å²) in [5.74, 6) is 0.706. The first-order chi connectivity index (χ1) is 16.6. The fraction of sp³-hybridized carbons (Fsp3) is 0.0400. The van der Waals surface area contributed by atoms with Crippen molar-refractivity contribution < 1.29 is 9.21 Å². The van der Waals surface area contributed by atoms with Crippen molar-refractivity contribution in [1.29, 1.82) is 0 Å². The molecule has 3 aromatic heterocycles. The number of rotatable bonds is 6. The fourth-order valence-corrected chi connectivity index (χ4v) is 4.09. The third-order valence-electron chi connectivity index (χ3n) is 5.08. The van der Waals surface area contributed by atoms with Crippen LogP contribution in [-0.4, -0.2) is 31.9 Å². The van der Waals surface area contributed by atoms with Gasteiger partial charge >= 0.3 is 0 Å². The number of furan rings is 1. The second-order valence-electron chi connectivity index (χ2n) is 7.28. The Hall–Kier alpha value is -4.37. The number of carbonyl (C=O) groups excluding carboxylic acids is 1. The molecule has 0 aliphatic heterocycles. The van der Waals surface area contributed by atoms with Gasteiger partial charge in [-0.2, -0.15) is 9.78 Å². The average Bonchev–Trinajstić information content (AvgIpc) is 3.54. The lowest BCUT2D eigenvalue weighted by Gasteiger charge is -2.11. The van der Waals surface area contributed by atoms with Crippen LogP contribution in [0.2, 0.25) is 0 Å². The van der Waals surface area contributed by atoms with Gasteiger partial charge < -0.3 is 9.73 Å². The number of nitrogens with zero attached hydrogens (tertiary/aromatic N) is 3. The smallest absolute Gasteiger partial charge is 0.257 e. The van der Waals surface area contributed by atoms with Gasteiger partial charge in [0.2, 0.25) is 5.95 Å². The van der Waals surface area contributed by atoms with E-state index < -0.39 is 0 Å². The molecule has 0 aliphatic carbocycles. The van der Waals surface area contributed by atoms with Gasteiger partial charge in [0.25, 0.3) is 11.5 Å². The summed E-state index contributed by atoms with van der Waals surface area (Å²) in [6.07, 6.45) is 3.45. The Morgan fingerprint density at radius 1 is 1.00 bits per heavy atom. The first kappa shape index (κ1) is 21.5. The number of nitrogens with one attached hydrogen (secondary N) is 2. The number of benzene rings is 2. The number of aromatic amines is 1. The molecule has 8 nitrogen and oxygen atoms in total. The molecule has 0 saturated carbocycles. The van der Waals surface area contributed by atoms with Gasteiger partial charge in [0.05, 0.1) is 17.5 Å². The molecule has 0 fully saturated rings. The Morgan fingerprint density at radius 3 is 2.56 bits per heavy atom. The normalized spacial score (nSPS) is 10.9. The molecule has 2 aromatic carbocycles. The molecule has 0 saturated heterocycles. The quantitative estimate of drug-likeness (QED) is 0.344. The molecular formula is C25H19N5O3S. The summed E-state index contributed by atoms with van der Waals surface area (Å²) in [6, 6.07) is 23.3. The number of H-pyrrole nitrogens is 1. The monoisotopic (exact) mass is 469 g/mol. The number of thioether (sulfide) groups is 1. The van der Waals surface area contributed by atoms with Crippen LogP contribution in [0.1, 0.15) is 10.4 Å². The van der Waals surface area contributed by atoms with Crippen LogP contribution in [0.25, 0.3) is 28.7 Å². The highest BCUT2D eigenvalue weighted by atomic mass is 32.2. The van der Waals surface area contributed by atoms with Crippen molar-refractivity contribution in [2.75, 3.05) is 11.6 Å². The Balaban J connectivity index is 1.61. The SMILES string of the molecule is CSc1ccccc1C(=O)Nc1cc(-c2ccco2)nn1-c1nc(-c2ccccc2)cc(=O)[nH]1. The van der Waals surface area contributed by atoms with Gasteiger partial charge in [-0.1, -0.05) is 42.5 Å². The number of aromatic nitrogens is 4. The van der Waals surface area contributed by atoms with Crippen LogP contribution < -0.4 is 10.9 Å². The third kappa shape index (κ3) is 4.28. The Morgan fingerprint density at radius 2 is 1.79 bits per heavy atom. The molecule has 5 rings (SSSR count). The molecule has 0 radical (unpaired) electrons. The molecule has 5 aromatic rings. The summed E-state index contributed by atoms with van der Waals surface area (Å²) in [5.41, 5.74) is 1.93. The lowest BCUT2D eigenvalue weighted by molar-refractivity contribution is 0.102. The summed E-state index contributed by atoms with van der Waals surface area (Å²) in [7, 11) is 0. The van der Waals surface area contributed by atoms with Crippen molar-refractivity contribution in [1.82, 2.24) is 19.7 Å². The van der Waals surface area contributed by atoms with Gasteiger partial charge in [-0.3, -0.25) is 14.6 Å². The minimum Gasteiger partial charge on any atom is -0.463 e. The highest BCUT2D eigenvalue weighted by Gasteiger charge is 2.19. The molecule has 3 heterocycles. The average molecular weight is 470 g/mol. The molecule has 34 heavy (non-hydrogen) atoms. The van der Waals surface area contributed by atoms with E-state index in [4.69, 9.17) is 4.42 Å². The zero-order valence-corrected chi connectivity index (χ0v) is 18.9. The van der Waals surface area contributed by atoms with E-state index in [2.05, 4.69) is 20.4 Å². The maximum atomic E-state index is 13.1. The van der Waals surface area contributed by atoms with Crippen molar-refractivity contribution in [3.05, 3.63) is 101 Å². The number of hydrogen-bond acceptors (Lipinski definition) is 6. The summed E-state index contributed by atoms with van der Waals surface area (Å²) < 4.78 is 6.88. The van der Waals surface area contributed by atoms with E-state index in [0.29, 0.717) is 28.5 Å². The van der Waals surface area contributed by atoms with Crippen LogP contribution in [-0.2, 0) is 0 Å². The van der Waals surface area contributed by atoms with Crippen molar-refractivity contribution in [3.8, 4) is 28.7 Å². The number of amides is 1. The van der Waals surface area contributed by atoms with Gasteiger partial charge in [0.15, 0.2) is 5.76 Å². The Labute approximate surface area is 198 Å². The molecule has 0 spiro atoms. The van der Waals surface area contributed by atoms with E-state index in [-0.39, 0.29) is 17.4 Å². The van der Waals surface area contributed by atoms with Gasteiger partial charge in [-0.25, -0.2) is 4.98 Å². The molecule has 0 bridgehead atoms. The largest absolute Gasteiger partial charge is 0.463 e. The first-order valence-electron chi connectivity index (χ1n) is 10.4. The van der Waals surface area contributed by atoms with Crippen molar-refractivity contribution in [2.24, 2.45) is 0 Å². The zero-order chi connectivity index (χ0) is 23.5. The summed E-state index contributed by atoms with van der Waals surface area (Å²) >= 11 is 1.48. The molecular weight excluding hydrogens is 450 g/mol. The predicted molar refractivity (Wildman–Crippen MR) is 131 cm³/mol. The van der Waals surface area contributed by atoms with Crippen LogP contribution in [0, 0.1) is 0 Å².